The molecule has 2 N–H and O–H groups in total. The van der Waals surface area contributed by atoms with Crippen LogP contribution in [0, 0.1) is 11.3 Å². The SMILES string of the molecule is C[C@H](Sc1nc2c(cnn2-c2ccccc2)c(=O)[nH]1)C(=O)NC1(C#N)CCCCC1. The standard InChI is InChI=1S/C21H22N6O2S/c1-14(18(28)26-21(13-22)10-6-3-7-11-21)30-20-24-17-16(19(29)25-20)12-23-27(17)15-8-4-2-5-9-15/h2,4-5,8-9,12,14H,3,6-7,10-11H2,1H3,(H,26,28)(H,24,25,29)/t14-/m0/s1. The molecule has 3 aromatic rings. The zero-order chi connectivity index (χ0) is 21.1. The second-order valence-electron chi connectivity index (χ2n) is 7.50. The minimum Gasteiger partial charge on any atom is -0.337 e. The van der Waals surface area contributed by atoms with Crippen LogP contribution in [0.5, 0.6) is 0 Å². The first kappa shape index (κ1) is 20.2. The van der Waals surface area contributed by atoms with E-state index in [1.165, 1.54) is 6.20 Å². The first-order valence-corrected chi connectivity index (χ1v) is 10.8. The third-order valence-electron chi connectivity index (χ3n) is 5.36. The van der Waals surface area contributed by atoms with E-state index in [9.17, 15) is 14.9 Å². The highest BCUT2D eigenvalue weighted by Crippen LogP contribution is 2.29. The summed E-state index contributed by atoms with van der Waals surface area (Å²) in [5.74, 6) is -0.234. The molecular weight excluding hydrogens is 400 g/mol. The van der Waals surface area contributed by atoms with Gasteiger partial charge in [0.05, 0.1) is 23.2 Å². The van der Waals surface area contributed by atoms with Crippen molar-refractivity contribution in [3.05, 3.63) is 46.9 Å². The number of thioether (sulfide) groups is 1. The number of benzene rings is 1. The number of aromatic nitrogens is 4. The number of nitriles is 1. The number of hydrogen-bond donors (Lipinski definition) is 2. The summed E-state index contributed by atoms with van der Waals surface area (Å²) in [6.07, 6.45) is 5.78. The van der Waals surface area contributed by atoms with E-state index < -0.39 is 10.8 Å². The first-order chi connectivity index (χ1) is 14.5. The molecule has 30 heavy (non-hydrogen) atoms. The smallest absolute Gasteiger partial charge is 0.262 e. The molecule has 9 heteroatoms. The van der Waals surface area contributed by atoms with Crippen LogP contribution >= 0.6 is 11.8 Å². The van der Waals surface area contributed by atoms with Crippen molar-refractivity contribution in [2.75, 3.05) is 0 Å². The lowest BCUT2D eigenvalue weighted by atomic mass is 9.83. The molecule has 1 fully saturated rings. The van der Waals surface area contributed by atoms with Gasteiger partial charge < -0.3 is 10.3 Å². The maximum atomic E-state index is 12.7. The monoisotopic (exact) mass is 422 g/mol. The van der Waals surface area contributed by atoms with Gasteiger partial charge in [0, 0.05) is 0 Å². The Morgan fingerprint density at radius 3 is 2.73 bits per heavy atom. The van der Waals surface area contributed by atoms with Gasteiger partial charge in [-0.3, -0.25) is 9.59 Å². The van der Waals surface area contributed by atoms with E-state index >= 15 is 0 Å². The number of nitrogens with zero attached hydrogens (tertiary/aromatic N) is 4. The third-order valence-corrected chi connectivity index (χ3v) is 6.34. The van der Waals surface area contributed by atoms with Gasteiger partial charge in [-0.25, -0.2) is 9.67 Å². The molecule has 0 bridgehead atoms. The highest BCUT2D eigenvalue weighted by molar-refractivity contribution is 8.00. The van der Waals surface area contributed by atoms with Crippen molar-refractivity contribution >= 4 is 28.7 Å². The number of hydrogen-bond acceptors (Lipinski definition) is 6. The Morgan fingerprint density at radius 2 is 2.03 bits per heavy atom. The van der Waals surface area contributed by atoms with Gasteiger partial charge in [0.1, 0.15) is 10.9 Å². The quantitative estimate of drug-likeness (QED) is 0.482. The first-order valence-electron chi connectivity index (χ1n) is 9.95. The molecule has 1 aliphatic rings. The fourth-order valence-corrected chi connectivity index (χ4v) is 4.48. The highest BCUT2D eigenvalue weighted by atomic mass is 32.2. The number of fused-ring (bicyclic) bond motifs is 1. The molecule has 154 valence electrons. The Balaban J connectivity index is 1.57. The molecule has 2 heterocycles. The van der Waals surface area contributed by atoms with Crippen LogP contribution in [0.25, 0.3) is 16.7 Å². The van der Waals surface area contributed by atoms with Crippen LogP contribution in [0.3, 0.4) is 0 Å². The van der Waals surface area contributed by atoms with Gasteiger partial charge >= 0.3 is 0 Å². The Bertz CT molecular complexity index is 1160. The lowest BCUT2D eigenvalue weighted by molar-refractivity contribution is -0.121. The van der Waals surface area contributed by atoms with Crippen LogP contribution < -0.4 is 10.9 Å². The van der Waals surface area contributed by atoms with Crippen molar-refractivity contribution in [3.63, 3.8) is 0 Å². The molecule has 2 aromatic heterocycles. The molecule has 1 atom stereocenters. The lowest BCUT2D eigenvalue weighted by Gasteiger charge is -2.32. The van der Waals surface area contributed by atoms with Crippen molar-refractivity contribution in [1.82, 2.24) is 25.1 Å². The molecular formula is C21H22N6O2S. The minimum atomic E-state index is -0.791. The van der Waals surface area contributed by atoms with Crippen molar-refractivity contribution < 1.29 is 4.79 Å². The molecule has 1 amide bonds. The zero-order valence-corrected chi connectivity index (χ0v) is 17.4. The summed E-state index contributed by atoms with van der Waals surface area (Å²) in [6.45, 7) is 1.74. The topological polar surface area (TPSA) is 116 Å². The Labute approximate surface area is 177 Å². The molecule has 1 aliphatic carbocycles. The Hall–Kier alpha value is -3.12. The number of para-hydroxylation sites is 1. The summed E-state index contributed by atoms with van der Waals surface area (Å²) >= 11 is 1.16. The van der Waals surface area contributed by atoms with Crippen molar-refractivity contribution in [2.45, 2.75) is 55.0 Å². The van der Waals surface area contributed by atoms with E-state index in [1.807, 2.05) is 30.3 Å². The van der Waals surface area contributed by atoms with E-state index in [1.54, 1.807) is 11.6 Å². The Morgan fingerprint density at radius 1 is 1.30 bits per heavy atom. The fourth-order valence-electron chi connectivity index (χ4n) is 3.69. The van der Waals surface area contributed by atoms with Gasteiger partial charge in [0.2, 0.25) is 5.91 Å². The lowest BCUT2D eigenvalue weighted by Crippen LogP contribution is -2.51. The average molecular weight is 423 g/mol. The largest absolute Gasteiger partial charge is 0.337 e. The second-order valence-corrected chi connectivity index (χ2v) is 8.83. The number of carbonyl (C=O) groups is 1. The van der Waals surface area contributed by atoms with E-state index in [4.69, 9.17) is 0 Å². The zero-order valence-electron chi connectivity index (χ0n) is 16.6. The number of rotatable bonds is 5. The summed E-state index contributed by atoms with van der Waals surface area (Å²) in [4.78, 5) is 32.5. The van der Waals surface area contributed by atoms with Gasteiger partial charge in [0.25, 0.3) is 5.56 Å². The predicted octanol–water partition coefficient (Wildman–Crippen LogP) is 2.93. The van der Waals surface area contributed by atoms with Gasteiger partial charge in [-0.1, -0.05) is 49.2 Å². The van der Waals surface area contributed by atoms with Crippen molar-refractivity contribution in [2.24, 2.45) is 0 Å². The van der Waals surface area contributed by atoms with Crippen LogP contribution in [0.2, 0.25) is 0 Å². The molecule has 0 spiro atoms. The van der Waals surface area contributed by atoms with Gasteiger partial charge in [-0.05, 0) is 31.9 Å². The van der Waals surface area contributed by atoms with Crippen LogP contribution in [-0.4, -0.2) is 36.4 Å². The third kappa shape index (κ3) is 3.96. The van der Waals surface area contributed by atoms with Gasteiger partial charge in [-0.2, -0.15) is 10.4 Å². The van der Waals surface area contributed by atoms with Crippen molar-refractivity contribution in [1.29, 1.82) is 5.26 Å². The number of aromatic amines is 1. The summed E-state index contributed by atoms with van der Waals surface area (Å²) in [6, 6.07) is 11.7. The average Bonchev–Trinajstić information content (AvgIpc) is 3.19. The van der Waals surface area contributed by atoms with E-state index in [0.717, 1.165) is 36.7 Å². The minimum absolute atomic E-state index is 0.234. The fraction of sp³-hybridized carbons (Fsp3) is 0.381. The Kier molecular flexibility index (Phi) is 5.59. The molecule has 0 saturated heterocycles. The second kappa shape index (κ2) is 8.32. The predicted molar refractivity (Wildman–Crippen MR) is 114 cm³/mol. The number of nitrogens with one attached hydrogen (secondary N) is 2. The van der Waals surface area contributed by atoms with Crippen LogP contribution in [-0.2, 0) is 4.79 Å². The summed E-state index contributed by atoms with van der Waals surface area (Å²) in [7, 11) is 0. The maximum absolute atomic E-state index is 12.7. The summed E-state index contributed by atoms with van der Waals surface area (Å²) < 4.78 is 1.60. The molecule has 0 unspecified atom stereocenters. The molecule has 4 rings (SSSR count). The van der Waals surface area contributed by atoms with Crippen molar-refractivity contribution in [3.8, 4) is 11.8 Å². The van der Waals surface area contributed by atoms with Crippen LogP contribution in [0.4, 0.5) is 0 Å². The molecule has 0 radical (unpaired) electrons. The highest BCUT2D eigenvalue weighted by Gasteiger charge is 2.35. The van der Waals surface area contributed by atoms with E-state index in [2.05, 4.69) is 26.5 Å². The van der Waals surface area contributed by atoms with Gasteiger partial charge in [0.15, 0.2) is 10.8 Å². The number of carbonyl (C=O) groups excluding carboxylic acids is 1. The van der Waals surface area contributed by atoms with Crippen LogP contribution in [0.15, 0.2) is 46.5 Å². The number of H-pyrrole nitrogens is 1. The number of amides is 1. The normalized spacial score (nSPS) is 16.7. The van der Waals surface area contributed by atoms with Crippen LogP contribution in [0.1, 0.15) is 39.0 Å². The van der Waals surface area contributed by atoms with Gasteiger partial charge in [-0.15, -0.1) is 0 Å². The van der Waals surface area contributed by atoms with E-state index in [0.29, 0.717) is 29.0 Å². The van der Waals surface area contributed by atoms with E-state index in [-0.39, 0.29) is 11.5 Å². The molecule has 0 aliphatic heterocycles. The summed E-state index contributed by atoms with van der Waals surface area (Å²) in [5, 5.41) is 17.0. The summed E-state index contributed by atoms with van der Waals surface area (Å²) in [5.41, 5.74) is 0.125. The molecule has 1 saturated carbocycles. The molecule has 8 nitrogen and oxygen atoms in total. The molecule has 1 aromatic carbocycles. The maximum Gasteiger partial charge on any atom is 0.262 e.